The molecule has 0 amide bonds. The number of imidazole rings is 1. The molecule has 4 aromatic rings. The second-order valence-electron chi connectivity index (χ2n) is 6.17. The van der Waals surface area contributed by atoms with Crippen molar-refractivity contribution in [3.8, 4) is 0 Å². The van der Waals surface area contributed by atoms with Crippen LogP contribution in [0.5, 0.6) is 0 Å². The lowest BCUT2D eigenvalue weighted by atomic mass is 10.1. The van der Waals surface area contributed by atoms with E-state index < -0.39 is 0 Å². The van der Waals surface area contributed by atoms with Crippen molar-refractivity contribution in [1.29, 1.82) is 0 Å². The van der Waals surface area contributed by atoms with Gasteiger partial charge in [0.25, 0.3) is 0 Å². The molecule has 0 aliphatic rings. The Bertz CT molecular complexity index is 1070. The number of carbonyl (C=O) groups is 1. The molecule has 0 saturated carbocycles. The first-order chi connectivity index (χ1) is 13.2. The molecule has 0 N–H and O–H groups in total. The number of aromatic nitrogens is 2. The van der Waals surface area contributed by atoms with Gasteiger partial charge in [0, 0.05) is 16.3 Å². The minimum absolute atomic E-state index is 0.0383. The van der Waals surface area contributed by atoms with E-state index >= 15 is 0 Å². The summed E-state index contributed by atoms with van der Waals surface area (Å²) in [6, 6.07) is 25.2. The van der Waals surface area contributed by atoms with Crippen LogP contribution < -0.4 is 0 Å². The molecule has 0 saturated heterocycles. The number of nitrogens with zero attached hydrogens (tertiary/aromatic N) is 2. The van der Waals surface area contributed by atoms with Gasteiger partial charge in [-0.05, 0) is 42.0 Å². The molecule has 0 atom stereocenters. The smallest absolute Gasteiger partial charge is 0.182 e. The van der Waals surface area contributed by atoms with E-state index in [0.717, 1.165) is 21.9 Å². The zero-order valence-corrected chi connectivity index (χ0v) is 16.1. The zero-order chi connectivity index (χ0) is 18.6. The van der Waals surface area contributed by atoms with Gasteiger partial charge in [0.15, 0.2) is 10.9 Å². The van der Waals surface area contributed by atoms with Crippen LogP contribution in [-0.4, -0.2) is 15.3 Å². The lowest BCUT2D eigenvalue weighted by Gasteiger charge is -2.09. The van der Waals surface area contributed by atoms with Gasteiger partial charge >= 0.3 is 0 Å². The summed E-state index contributed by atoms with van der Waals surface area (Å²) in [5.41, 5.74) is 3.74. The monoisotopic (exact) mass is 392 g/mol. The maximum atomic E-state index is 12.8. The Morgan fingerprint density at radius 3 is 2.41 bits per heavy atom. The fourth-order valence-corrected chi connectivity index (χ4v) is 4.01. The summed E-state index contributed by atoms with van der Waals surface area (Å²) < 4.78 is 2.00. The molecule has 0 aliphatic heterocycles. The Labute approximate surface area is 167 Å². The van der Waals surface area contributed by atoms with Crippen molar-refractivity contribution in [2.75, 3.05) is 0 Å². The highest BCUT2D eigenvalue weighted by molar-refractivity contribution is 7.98. The van der Waals surface area contributed by atoms with Crippen LogP contribution in [0, 0.1) is 0 Å². The molecule has 27 heavy (non-hydrogen) atoms. The van der Waals surface area contributed by atoms with Crippen molar-refractivity contribution in [3.63, 3.8) is 0 Å². The normalized spacial score (nSPS) is 11.0. The number of carbonyl (C=O) groups excluding carboxylic acids is 1. The van der Waals surface area contributed by atoms with Crippen LogP contribution in [-0.2, 0) is 12.3 Å². The predicted molar refractivity (Wildman–Crippen MR) is 112 cm³/mol. The molecule has 134 valence electrons. The van der Waals surface area contributed by atoms with Gasteiger partial charge in [0.05, 0.1) is 17.6 Å². The minimum atomic E-state index is 0.0383. The average molecular weight is 393 g/mol. The van der Waals surface area contributed by atoms with Crippen LogP contribution in [0.15, 0.2) is 84.0 Å². The van der Waals surface area contributed by atoms with Gasteiger partial charge in [0.2, 0.25) is 0 Å². The largest absolute Gasteiger partial charge is 0.311 e. The molecule has 3 aromatic carbocycles. The molecule has 0 aliphatic carbocycles. The highest BCUT2D eigenvalue weighted by Crippen LogP contribution is 2.27. The summed E-state index contributed by atoms with van der Waals surface area (Å²) in [5.74, 6) is 0.843. The quantitative estimate of drug-likeness (QED) is 0.304. The first-order valence-electron chi connectivity index (χ1n) is 8.61. The van der Waals surface area contributed by atoms with Crippen LogP contribution >= 0.6 is 23.4 Å². The molecule has 0 unspecified atom stereocenters. The maximum absolute atomic E-state index is 12.8. The number of para-hydroxylation sites is 2. The van der Waals surface area contributed by atoms with Crippen LogP contribution in [0.1, 0.15) is 15.9 Å². The van der Waals surface area contributed by atoms with Crippen molar-refractivity contribution in [3.05, 3.63) is 95.0 Å². The molecular formula is C22H17ClN2OS. The Morgan fingerprint density at radius 1 is 0.926 bits per heavy atom. The number of hydrogen-bond donors (Lipinski definition) is 0. The number of thioether (sulfide) groups is 1. The summed E-state index contributed by atoms with van der Waals surface area (Å²) >= 11 is 7.58. The van der Waals surface area contributed by atoms with Gasteiger partial charge < -0.3 is 4.57 Å². The van der Waals surface area contributed by atoms with Crippen molar-refractivity contribution in [1.82, 2.24) is 9.55 Å². The Hall–Kier alpha value is -2.56. The Kier molecular flexibility index (Phi) is 5.28. The van der Waals surface area contributed by atoms with Crippen LogP contribution in [0.4, 0.5) is 0 Å². The number of ketones is 1. The Morgan fingerprint density at radius 2 is 1.63 bits per heavy atom. The van der Waals surface area contributed by atoms with E-state index in [1.165, 1.54) is 5.56 Å². The second kappa shape index (κ2) is 7.99. The fourth-order valence-electron chi connectivity index (χ4n) is 2.91. The van der Waals surface area contributed by atoms with E-state index in [1.807, 2.05) is 47.0 Å². The van der Waals surface area contributed by atoms with Gasteiger partial charge in [-0.25, -0.2) is 4.98 Å². The summed E-state index contributed by atoms with van der Waals surface area (Å²) in [6.45, 7) is 0.249. The molecule has 4 rings (SSSR count). The third-order valence-corrected chi connectivity index (χ3v) is 5.60. The summed E-state index contributed by atoms with van der Waals surface area (Å²) in [6.07, 6.45) is 0. The third-order valence-electron chi connectivity index (χ3n) is 4.30. The standard InChI is InChI=1S/C22H17ClN2OS/c23-18-12-10-17(11-13-18)21(26)14-25-20-9-5-4-8-19(20)24-22(25)27-15-16-6-2-1-3-7-16/h1-13H,14-15H2. The fraction of sp³-hybridized carbons (Fsp3) is 0.0909. The topological polar surface area (TPSA) is 34.9 Å². The third kappa shape index (κ3) is 4.07. The molecular weight excluding hydrogens is 376 g/mol. The number of Topliss-reactive ketones (excluding diaryl/α,β-unsaturated/α-hetero) is 1. The molecule has 0 spiro atoms. The van der Waals surface area contributed by atoms with Gasteiger partial charge in [-0.2, -0.15) is 0 Å². The number of halogens is 1. The lowest BCUT2D eigenvalue weighted by Crippen LogP contribution is -2.11. The SMILES string of the molecule is O=C(Cn1c(SCc2ccccc2)nc2ccccc21)c1ccc(Cl)cc1. The Balaban J connectivity index is 1.63. The van der Waals surface area contributed by atoms with Gasteiger partial charge in [-0.1, -0.05) is 65.8 Å². The van der Waals surface area contributed by atoms with E-state index in [-0.39, 0.29) is 12.3 Å². The van der Waals surface area contributed by atoms with Crippen molar-refractivity contribution >= 4 is 40.2 Å². The van der Waals surface area contributed by atoms with Crippen LogP contribution in [0.3, 0.4) is 0 Å². The molecule has 0 bridgehead atoms. The van der Waals surface area contributed by atoms with Crippen LogP contribution in [0.25, 0.3) is 11.0 Å². The number of benzene rings is 3. The summed E-state index contributed by atoms with van der Waals surface area (Å²) in [4.78, 5) is 17.5. The predicted octanol–water partition coefficient (Wildman–Crippen LogP) is 5.86. The van der Waals surface area contributed by atoms with Gasteiger partial charge in [-0.3, -0.25) is 4.79 Å². The number of hydrogen-bond acceptors (Lipinski definition) is 3. The van der Waals surface area contributed by atoms with E-state index in [2.05, 4.69) is 12.1 Å². The van der Waals surface area contributed by atoms with Crippen LogP contribution in [0.2, 0.25) is 5.02 Å². The molecule has 1 aromatic heterocycles. The minimum Gasteiger partial charge on any atom is -0.311 e. The van der Waals surface area contributed by atoms with E-state index in [4.69, 9.17) is 16.6 Å². The number of rotatable bonds is 6. The van der Waals surface area contributed by atoms with Crippen molar-refractivity contribution in [2.45, 2.75) is 17.5 Å². The van der Waals surface area contributed by atoms with E-state index in [9.17, 15) is 4.79 Å². The lowest BCUT2D eigenvalue weighted by molar-refractivity contribution is 0.0970. The first kappa shape index (κ1) is 17.8. The zero-order valence-electron chi connectivity index (χ0n) is 14.5. The molecule has 3 nitrogen and oxygen atoms in total. The van der Waals surface area contributed by atoms with E-state index in [0.29, 0.717) is 10.6 Å². The summed E-state index contributed by atoms with van der Waals surface area (Å²) in [5, 5.41) is 1.47. The molecule has 1 heterocycles. The molecule has 0 fully saturated rings. The highest BCUT2D eigenvalue weighted by Gasteiger charge is 2.15. The van der Waals surface area contributed by atoms with E-state index in [1.54, 1.807) is 36.0 Å². The van der Waals surface area contributed by atoms with Gasteiger partial charge in [-0.15, -0.1) is 0 Å². The summed E-state index contributed by atoms with van der Waals surface area (Å²) in [7, 11) is 0. The highest BCUT2D eigenvalue weighted by atomic mass is 35.5. The van der Waals surface area contributed by atoms with Crippen molar-refractivity contribution in [2.24, 2.45) is 0 Å². The second-order valence-corrected chi connectivity index (χ2v) is 7.55. The first-order valence-corrected chi connectivity index (χ1v) is 9.98. The maximum Gasteiger partial charge on any atom is 0.182 e. The van der Waals surface area contributed by atoms with Gasteiger partial charge in [0.1, 0.15) is 0 Å². The number of fused-ring (bicyclic) bond motifs is 1. The molecule has 0 radical (unpaired) electrons. The average Bonchev–Trinajstić information content (AvgIpc) is 3.05. The van der Waals surface area contributed by atoms with Crippen molar-refractivity contribution < 1.29 is 4.79 Å². The molecule has 5 heteroatoms.